The fourth-order valence-electron chi connectivity index (χ4n) is 3.47. The van der Waals surface area contributed by atoms with Gasteiger partial charge in [-0.3, -0.25) is 9.88 Å². The Bertz CT molecular complexity index is 708. The quantitative estimate of drug-likeness (QED) is 0.853. The number of aromatic nitrogens is 1. The summed E-state index contributed by atoms with van der Waals surface area (Å²) < 4.78 is 11.9. The van der Waals surface area contributed by atoms with Crippen LogP contribution in [0.25, 0.3) is 10.9 Å². The van der Waals surface area contributed by atoms with Crippen LogP contribution in [0.5, 0.6) is 5.75 Å². The van der Waals surface area contributed by atoms with Crippen molar-refractivity contribution in [2.75, 3.05) is 19.9 Å². The molecule has 1 fully saturated rings. The summed E-state index contributed by atoms with van der Waals surface area (Å²) in [6.45, 7) is 7.58. The number of pyridine rings is 1. The summed E-state index contributed by atoms with van der Waals surface area (Å²) in [5, 5.41) is 1.14. The minimum atomic E-state index is 0.362. The summed E-state index contributed by atoms with van der Waals surface area (Å²) >= 11 is 0. The number of hydrogen-bond donors (Lipinski definition) is 0. The lowest BCUT2D eigenvalue weighted by atomic mass is 10.0. The highest BCUT2D eigenvalue weighted by Crippen LogP contribution is 2.35. The van der Waals surface area contributed by atoms with Crippen molar-refractivity contribution >= 4 is 10.9 Å². The van der Waals surface area contributed by atoms with Crippen LogP contribution in [0.1, 0.15) is 29.7 Å². The minimum Gasteiger partial charge on any atom is -0.477 e. The summed E-state index contributed by atoms with van der Waals surface area (Å²) in [4.78, 5) is 7.09. The summed E-state index contributed by atoms with van der Waals surface area (Å²) in [6, 6.07) is 6.37. The van der Waals surface area contributed by atoms with Gasteiger partial charge in [-0.25, -0.2) is 0 Å². The summed E-state index contributed by atoms with van der Waals surface area (Å²) in [5.41, 5.74) is 4.56. The second kappa shape index (κ2) is 5.52. The molecule has 2 aliphatic heterocycles. The highest BCUT2D eigenvalue weighted by molar-refractivity contribution is 5.87. The van der Waals surface area contributed by atoms with Crippen LogP contribution in [0.2, 0.25) is 0 Å². The first-order valence-electron chi connectivity index (χ1n) is 8.07. The van der Waals surface area contributed by atoms with Crippen LogP contribution in [-0.4, -0.2) is 35.9 Å². The summed E-state index contributed by atoms with van der Waals surface area (Å²) in [6.07, 6.45) is 2.71. The molecule has 0 radical (unpaired) electrons. The molecule has 0 aliphatic carbocycles. The predicted molar refractivity (Wildman–Crippen MR) is 86.1 cm³/mol. The number of nitrogens with zero attached hydrogens (tertiary/aromatic N) is 2. The Kier molecular flexibility index (Phi) is 3.51. The van der Waals surface area contributed by atoms with Crippen molar-refractivity contribution in [3.05, 3.63) is 35.0 Å². The molecule has 1 atom stereocenters. The molecular formula is C18H22N2O2. The van der Waals surface area contributed by atoms with Gasteiger partial charge in [0, 0.05) is 36.3 Å². The van der Waals surface area contributed by atoms with E-state index in [1.54, 1.807) is 0 Å². The Morgan fingerprint density at radius 1 is 1.32 bits per heavy atom. The second-order valence-electron chi connectivity index (χ2n) is 6.45. The van der Waals surface area contributed by atoms with E-state index in [2.05, 4.69) is 36.9 Å². The number of benzene rings is 1. The SMILES string of the molecule is Cc1ccc2nc(C)c3c(c2c1)OCN(C[C@@H]1CCCO1)C3. The normalized spacial score (nSPS) is 21.8. The minimum absolute atomic E-state index is 0.362. The van der Waals surface area contributed by atoms with Gasteiger partial charge < -0.3 is 9.47 Å². The zero-order valence-corrected chi connectivity index (χ0v) is 13.3. The molecular weight excluding hydrogens is 276 g/mol. The average molecular weight is 298 g/mol. The third kappa shape index (κ3) is 2.46. The van der Waals surface area contributed by atoms with Crippen molar-refractivity contribution in [3.8, 4) is 5.75 Å². The topological polar surface area (TPSA) is 34.6 Å². The molecule has 0 amide bonds. The molecule has 4 nitrogen and oxygen atoms in total. The zero-order chi connectivity index (χ0) is 15.1. The second-order valence-corrected chi connectivity index (χ2v) is 6.45. The maximum absolute atomic E-state index is 6.13. The molecule has 0 N–H and O–H groups in total. The Hall–Kier alpha value is -1.65. The Labute approximate surface area is 131 Å². The van der Waals surface area contributed by atoms with Crippen molar-refractivity contribution in [1.29, 1.82) is 0 Å². The monoisotopic (exact) mass is 298 g/mol. The van der Waals surface area contributed by atoms with E-state index >= 15 is 0 Å². The van der Waals surface area contributed by atoms with Gasteiger partial charge in [0.25, 0.3) is 0 Å². The smallest absolute Gasteiger partial charge is 0.142 e. The van der Waals surface area contributed by atoms with E-state index in [0.717, 1.165) is 48.5 Å². The highest BCUT2D eigenvalue weighted by Gasteiger charge is 2.26. The van der Waals surface area contributed by atoms with Crippen LogP contribution >= 0.6 is 0 Å². The van der Waals surface area contributed by atoms with Crippen LogP contribution in [-0.2, 0) is 11.3 Å². The number of ether oxygens (including phenoxy) is 2. The molecule has 3 heterocycles. The molecule has 4 rings (SSSR count). The van der Waals surface area contributed by atoms with Gasteiger partial charge in [-0.05, 0) is 38.8 Å². The third-order valence-corrected chi connectivity index (χ3v) is 4.65. The molecule has 0 spiro atoms. The zero-order valence-electron chi connectivity index (χ0n) is 13.3. The van der Waals surface area contributed by atoms with Gasteiger partial charge in [-0.15, -0.1) is 0 Å². The van der Waals surface area contributed by atoms with Crippen LogP contribution in [0.15, 0.2) is 18.2 Å². The largest absolute Gasteiger partial charge is 0.477 e. The average Bonchev–Trinajstić information content (AvgIpc) is 3.01. The highest BCUT2D eigenvalue weighted by atomic mass is 16.5. The molecule has 1 aromatic carbocycles. The van der Waals surface area contributed by atoms with E-state index in [1.807, 2.05) is 0 Å². The molecule has 116 valence electrons. The van der Waals surface area contributed by atoms with Crippen molar-refractivity contribution < 1.29 is 9.47 Å². The number of hydrogen-bond acceptors (Lipinski definition) is 4. The predicted octanol–water partition coefficient (Wildman–Crippen LogP) is 3.18. The van der Waals surface area contributed by atoms with Crippen LogP contribution < -0.4 is 4.74 Å². The molecule has 1 aromatic heterocycles. The van der Waals surface area contributed by atoms with Crippen molar-refractivity contribution in [3.63, 3.8) is 0 Å². The number of rotatable bonds is 2. The van der Waals surface area contributed by atoms with Crippen molar-refractivity contribution in [2.45, 2.75) is 39.3 Å². The summed E-state index contributed by atoms with van der Waals surface area (Å²) in [7, 11) is 0. The third-order valence-electron chi connectivity index (χ3n) is 4.65. The number of fused-ring (bicyclic) bond motifs is 3. The van der Waals surface area contributed by atoms with Gasteiger partial charge in [0.1, 0.15) is 12.5 Å². The first kappa shape index (κ1) is 14.0. The van der Waals surface area contributed by atoms with Crippen LogP contribution in [0, 0.1) is 13.8 Å². The van der Waals surface area contributed by atoms with E-state index in [4.69, 9.17) is 14.5 Å². The van der Waals surface area contributed by atoms with Gasteiger partial charge in [0.05, 0.1) is 11.6 Å². The molecule has 0 saturated carbocycles. The van der Waals surface area contributed by atoms with E-state index in [9.17, 15) is 0 Å². The Balaban J connectivity index is 1.66. The summed E-state index contributed by atoms with van der Waals surface area (Å²) in [5.74, 6) is 1.02. The molecule has 2 aliphatic rings. The fourth-order valence-corrected chi connectivity index (χ4v) is 3.47. The van der Waals surface area contributed by atoms with Gasteiger partial charge in [0.2, 0.25) is 0 Å². The van der Waals surface area contributed by atoms with E-state index in [-0.39, 0.29) is 0 Å². The van der Waals surface area contributed by atoms with E-state index < -0.39 is 0 Å². The lowest BCUT2D eigenvalue weighted by Gasteiger charge is -2.31. The maximum Gasteiger partial charge on any atom is 0.142 e. The standard InChI is InChI=1S/C18H22N2O2/c1-12-5-6-17-15(8-12)18-16(13(2)19-17)10-20(11-22-18)9-14-4-3-7-21-14/h5-6,8,14H,3-4,7,9-11H2,1-2H3/t14-/m0/s1. The number of aryl methyl sites for hydroxylation is 2. The fraction of sp³-hybridized carbons (Fsp3) is 0.500. The molecule has 0 bridgehead atoms. The van der Waals surface area contributed by atoms with Gasteiger partial charge in [-0.1, -0.05) is 11.6 Å². The first-order chi connectivity index (χ1) is 10.7. The maximum atomic E-state index is 6.13. The molecule has 2 aromatic rings. The van der Waals surface area contributed by atoms with Crippen LogP contribution in [0.3, 0.4) is 0 Å². The van der Waals surface area contributed by atoms with Gasteiger partial charge in [0.15, 0.2) is 0 Å². The molecule has 22 heavy (non-hydrogen) atoms. The van der Waals surface area contributed by atoms with Gasteiger partial charge in [-0.2, -0.15) is 0 Å². The molecule has 1 saturated heterocycles. The van der Waals surface area contributed by atoms with Gasteiger partial charge >= 0.3 is 0 Å². The van der Waals surface area contributed by atoms with E-state index in [0.29, 0.717) is 12.8 Å². The Morgan fingerprint density at radius 3 is 3.05 bits per heavy atom. The molecule has 0 unspecified atom stereocenters. The first-order valence-corrected chi connectivity index (χ1v) is 8.07. The Morgan fingerprint density at radius 2 is 2.23 bits per heavy atom. The van der Waals surface area contributed by atoms with Crippen molar-refractivity contribution in [1.82, 2.24) is 9.88 Å². The lowest BCUT2D eigenvalue weighted by Crippen LogP contribution is -2.38. The van der Waals surface area contributed by atoms with Crippen LogP contribution in [0.4, 0.5) is 0 Å². The molecule has 4 heteroatoms. The lowest BCUT2D eigenvalue weighted by molar-refractivity contribution is 0.0283. The van der Waals surface area contributed by atoms with Crippen molar-refractivity contribution in [2.24, 2.45) is 0 Å². The van der Waals surface area contributed by atoms with E-state index in [1.165, 1.54) is 17.5 Å².